The Kier molecular flexibility index (Phi) is 13.2. The molecule has 0 aliphatic carbocycles. The smallest absolute Gasteiger partial charge is 0.191 e. The molecule has 0 saturated heterocycles. The van der Waals surface area contributed by atoms with Crippen LogP contribution in [0.25, 0.3) is 0 Å². The van der Waals surface area contributed by atoms with Crippen molar-refractivity contribution in [2.75, 3.05) is 38.8 Å². The third kappa shape index (κ3) is 9.58. The Bertz CT molecular complexity index is 509. The summed E-state index contributed by atoms with van der Waals surface area (Å²) in [6, 6.07) is 8.25. The quantitative estimate of drug-likeness (QED) is 0.228. The summed E-state index contributed by atoms with van der Waals surface area (Å²) in [7, 11) is 1.70. The monoisotopic (exact) mass is 479 g/mol. The lowest BCUT2D eigenvalue weighted by atomic mass is 9.85. The van der Waals surface area contributed by atoms with Crippen LogP contribution in [0.1, 0.15) is 39.2 Å². The van der Waals surface area contributed by atoms with Gasteiger partial charge in [0.15, 0.2) is 5.96 Å². The van der Waals surface area contributed by atoms with Gasteiger partial charge in [0.25, 0.3) is 0 Å². The number of hydrogen-bond acceptors (Lipinski definition) is 3. The number of nitrogens with zero attached hydrogens (tertiary/aromatic N) is 1. The van der Waals surface area contributed by atoms with Gasteiger partial charge in [-0.15, -0.1) is 24.0 Å². The summed E-state index contributed by atoms with van der Waals surface area (Å²) in [5, 5.41) is 6.76. The Labute approximate surface area is 175 Å². The van der Waals surface area contributed by atoms with Gasteiger partial charge >= 0.3 is 0 Å². The van der Waals surface area contributed by atoms with Crippen LogP contribution in [0.15, 0.2) is 29.3 Å². The first kappa shape index (κ1) is 24.4. The number of nitrogens with one attached hydrogen (secondary N) is 2. The third-order valence-electron chi connectivity index (χ3n) is 3.90. The van der Waals surface area contributed by atoms with E-state index in [4.69, 9.17) is 9.73 Å². The summed E-state index contributed by atoms with van der Waals surface area (Å²) in [4.78, 5) is 4.78. The number of unbranched alkanes of at least 4 members (excludes halogenated alkanes) is 1. The lowest BCUT2D eigenvalue weighted by Crippen LogP contribution is -2.39. The van der Waals surface area contributed by atoms with Crippen molar-refractivity contribution in [2.45, 2.75) is 39.0 Å². The predicted molar refractivity (Wildman–Crippen MR) is 123 cm³/mol. The Hall–Kier alpha value is -0.630. The summed E-state index contributed by atoms with van der Waals surface area (Å²) >= 11 is 1.90. The molecule has 2 N–H and O–H groups in total. The molecule has 0 amide bonds. The summed E-state index contributed by atoms with van der Waals surface area (Å²) in [6.07, 6.45) is 4.56. The van der Waals surface area contributed by atoms with Crippen LogP contribution in [-0.2, 0) is 5.41 Å². The maximum atomic E-state index is 5.34. The molecular weight excluding hydrogens is 445 g/mol. The van der Waals surface area contributed by atoms with Gasteiger partial charge in [0.2, 0.25) is 0 Å². The van der Waals surface area contributed by atoms with E-state index in [1.807, 2.05) is 23.9 Å². The van der Waals surface area contributed by atoms with E-state index in [0.29, 0.717) is 0 Å². The minimum absolute atomic E-state index is 0. The minimum atomic E-state index is -0.0459. The number of thioether (sulfide) groups is 1. The van der Waals surface area contributed by atoms with Gasteiger partial charge in [-0.1, -0.05) is 26.0 Å². The SMILES string of the molecule is CCNC(=NCC(C)(C)c1cccc(OC)c1)NCCCCSC.I. The summed E-state index contributed by atoms with van der Waals surface area (Å²) < 4.78 is 5.34. The Morgan fingerprint density at radius 2 is 2.00 bits per heavy atom. The van der Waals surface area contributed by atoms with Crippen molar-refractivity contribution in [2.24, 2.45) is 4.99 Å². The fourth-order valence-electron chi connectivity index (χ4n) is 2.33. The topological polar surface area (TPSA) is 45.7 Å². The van der Waals surface area contributed by atoms with Crippen molar-refractivity contribution >= 4 is 41.7 Å². The van der Waals surface area contributed by atoms with Crippen LogP contribution < -0.4 is 15.4 Å². The van der Waals surface area contributed by atoms with Gasteiger partial charge in [-0.25, -0.2) is 0 Å². The van der Waals surface area contributed by atoms with Crippen molar-refractivity contribution < 1.29 is 4.74 Å². The molecule has 0 atom stereocenters. The van der Waals surface area contributed by atoms with Crippen molar-refractivity contribution in [3.05, 3.63) is 29.8 Å². The maximum absolute atomic E-state index is 5.34. The molecule has 0 radical (unpaired) electrons. The predicted octanol–water partition coefficient (Wildman–Crippen LogP) is 4.29. The van der Waals surface area contributed by atoms with E-state index < -0.39 is 0 Å². The van der Waals surface area contributed by atoms with E-state index in [-0.39, 0.29) is 29.4 Å². The number of rotatable bonds is 10. The van der Waals surface area contributed by atoms with Crippen LogP contribution in [0.2, 0.25) is 0 Å². The number of halogens is 1. The first-order valence-corrected chi connectivity index (χ1v) is 10.1. The summed E-state index contributed by atoms with van der Waals surface area (Å²) in [5.74, 6) is 3.01. The highest BCUT2D eigenvalue weighted by Crippen LogP contribution is 2.26. The molecule has 0 saturated carbocycles. The second kappa shape index (κ2) is 13.6. The number of methoxy groups -OCH3 is 1. The first-order chi connectivity index (χ1) is 11.5. The molecule has 4 nitrogen and oxygen atoms in total. The van der Waals surface area contributed by atoms with Crippen LogP contribution in [0.5, 0.6) is 5.75 Å². The van der Waals surface area contributed by atoms with E-state index in [9.17, 15) is 0 Å². The maximum Gasteiger partial charge on any atom is 0.191 e. The number of hydrogen-bond donors (Lipinski definition) is 2. The van der Waals surface area contributed by atoms with Gasteiger partial charge in [0, 0.05) is 18.5 Å². The van der Waals surface area contributed by atoms with Gasteiger partial charge in [-0.05, 0) is 49.5 Å². The number of guanidine groups is 1. The molecule has 0 bridgehead atoms. The lowest BCUT2D eigenvalue weighted by molar-refractivity contribution is 0.412. The average molecular weight is 479 g/mol. The van der Waals surface area contributed by atoms with Crippen molar-refractivity contribution in [1.82, 2.24) is 10.6 Å². The minimum Gasteiger partial charge on any atom is -0.497 e. The largest absolute Gasteiger partial charge is 0.497 e. The molecule has 0 fully saturated rings. The Morgan fingerprint density at radius 1 is 1.24 bits per heavy atom. The molecular formula is C19H34IN3OS. The molecule has 0 spiro atoms. The molecule has 0 heterocycles. The second-order valence-electron chi connectivity index (χ2n) is 6.44. The van der Waals surface area contributed by atoms with Crippen molar-refractivity contribution in [3.8, 4) is 5.75 Å². The van der Waals surface area contributed by atoms with Crippen LogP contribution in [0.4, 0.5) is 0 Å². The highest BCUT2D eigenvalue weighted by atomic mass is 127. The molecule has 1 aromatic carbocycles. The molecule has 144 valence electrons. The van der Waals surface area contributed by atoms with Crippen LogP contribution in [-0.4, -0.2) is 44.7 Å². The van der Waals surface area contributed by atoms with Crippen LogP contribution in [0.3, 0.4) is 0 Å². The van der Waals surface area contributed by atoms with Gasteiger partial charge in [-0.2, -0.15) is 11.8 Å². The third-order valence-corrected chi connectivity index (χ3v) is 4.59. The molecule has 1 aromatic rings. The Morgan fingerprint density at radius 3 is 2.64 bits per heavy atom. The zero-order chi connectivity index (χ0) is 17.8. The van der Waals surface area contributed by atoms with Crippen molar-refractivity contribution in [3.63, 3.8) is 0 Å². The molecule has 6 heteroatoms. The lowest BCUT2D eigenvalue weighted by Gasteiger charge is -2.24. The normalized spacial score (nSPS) is 11.6. The number of aliphatic imine (C=N–C) groups is 1. The first-order valence-electron chi connectivity index (χ1n) is 8.69. The molecule has 0 aliphatic rings. The molecule has 0 unspecified atom stereocenters. The Balaban J connectivity index is 0.00000576. The van der Waals surface area contributed by atoms with E-state index >= 15 is 0 Å². The average Bonchev–Trinajstić information content (AvgIpc) is 2.59. The van der Waals surface area contributed by atoms with E-state index in [0.717, 1.165) is 31.3 Å². The van der Waals surface area contributed by atoms with Gasteiger partial charge in [-0.3, -0.25) is 4.99 Å². The van der Waals surface area contributed by atoms with E-state index in [1.165, 1.54) is 24.2 Å². The van der Waals surface area contributed by atoms with Crippen LogP contribution in [0, 0.1) is 0 Å². The van der Waals surface area contributed by atoms with Gasteiger partial charge in [0.1, 0.15) is 5.75 Å². The van der Waals surface area contributed by atoms with Crippen molar-refractivity contribution in [1.29, 1.82) is 0 Å². The summed E-state index contributed by atoms with van der Waals surface area (Å²) in [5.41, 5.74) is 1.19. The fourth-order valence-corrected chi connectivity index (χ4v) is 2.82. The van der Waals surface area contributed by atoms with E-state index in [1.54, 1.807) is 7.11 Å². The molecule has 1 rings (SSSR count). The highest BCUT2D eigenvalue weighted by Gasteiger charge is 2.21. The zero-order valence-electron chi connectivity index (χ0n) is 16.2. The number of benzene rings is 1. The van der Waals surface area contributed by atoms with Gasteiger partial charge in [0.05, 0.1) is 13.7 Å². The molecule has 0 aliphatic heterocycles. The fraction of sp³-hybridized carbons (Fsp3) is 0.632. The van der Waals surface area contributed by atoms with Crippen LogP contribution >= 0.6 is 35.7 Å². The highest BCUT2D eigenvalue weighted by molar-refractivity contribution is 14.0. The molecule has 25 heavy (non-hydrogen) atoms. The summed E-state index contributed by atoms with van der Waals surface area (Å²) in [6.45, 7) is 9.08. The second-order valence-corrected chi connectivity index (χ2v) is 7.42. The van der Waals surface area contributed by atoms with Gasteiger partial charge < -0.3 is 15.4 Å². The number of ether oxygens (including phenoxy) is 1. The van der Waals surface area contributed by atoms with E-state index in [2.05, 4.69) is 49.8 Å². The molecule has 0 aromatic heterocycles. The zero-order valence-corrected chi connectivity index (χ0v) is 19.4. The standard InChI is InChI=1S/C19H33N3OS.HI/c1-6-20-18(21-12-7-8-13-24-5)22-15-19(2,3)16-10-9-11-17(14-16)23-4;/h9-11,14H,6-8,12-13,15H2,1-5H3,(H2,20,21,22);1H.